The van der Waals surface area contributed by atoms with Gasteiger partial charge in [-0.05, 0) is 25.8 Å². The third-order valence-electron chi connectivity index (χ3n) is 2.98. The van der Waals surface area contributed by atoms with Crippen LogP contribution in [0, 0.1) is 0 Å². The second-order valence-electron chi connectivity index (χ2n) is 4.43. The van der Waals surface area contributed by atoms with Crippen LogP contribution in [0.1, 0.15) is 31.0 Å². The summed E-state index contributed by atoms with van der Waals surface area (Å²) in [5.74, 6) is -0.478. The standard InChI is InChI=1S/C13H12ClF3N2O2/c1-2-21-12(20)10-4-3-9(19-10)7-5-11(13(15,16)17)18-6-8(7)14/h5-6,10H,2-4H2,1H3/t10-/m0/s1. The van der Waals surface area contributed by atoms with Crippen molar-refractivity contribution >= 4 is 23.3 Å². The van der Waals surface area contributed by atoms with Gasteiger partial charge < -0.3 is 4.74 Å². The highest BCUT2D eigenvalue weighted by Gasteiger charge is 2.34. The largest absolute Gasteiger partial charge is 0.464 e. The molecular weight excluding hydrogens is 309 g/mol. The van der Waals surface area contributed by atoms with E-state index < -0.39 is 23.9 Å². The van der Waals surface area contributed by atoms with Crippen molar-refractivity contribution in [1.82, 2.24) is 4.98 Å². The maximum Gasteiger partial charge on any atom is 0.433 e. The van der Waals surface area contributed by atoms with E-state index in [1.54, 1.807) is 6.92 Å². The molecule has 0 fully saturated rings. The van der Waals surface area contributed by atoms with Crippen LogP contribution in [0.3, 0.4) is 0 Å². The number of aromatic nitrogens is 1. The summed E-state index contributed by atoms with van der Waals surface area (Å²) in [5.41, 5.74) is -0.513. The SMILES string of the molecule is CCOC(=O)[C@@H]1CCC(c2cc(C(F)(F)F)ncc2Cl)=N1. The van der Waals surface area contributed by atoms with Gasteiger partial charge >= 0.3 is 12.1 Å². The molecule has 0 unspecified atom stereocenters. The number of pyridine rings is 1. The molecule has 114 valence electrons. The molecule has 1 aromatic rings. The van der Waals surface area contributed by atoms with Crippen molar-refractivity contribution in [3.63, 3.8) is 0 Å². The molecule has 1 aliphatic heterocycles. The Morgan fingerprint density at radius 1 is 1.52 bits per heavy atom. The number of halogens is 4. The number of hydrogen-bond donors (Lipinski definition) is 0. The summed E-state index contributed by atoms with van der Waals surface area (Å²) >= 11 is 5.89. The summed E-state index contributed by atoms with van der Waals surface area (Å²) in [5, 5.41) is 0.0752. The molecule has 4 nitrogen and oxygen atoms in total. The van der Waals surface area contributed by atoms with Crippen molar-refractivity contribution in [1.29, 1.82) is 0 Å². The topological polar surface area (TPSA) is 51.5 Å². The number of carbonyl (C=O) groups is 1. The third-order valence-corrected chi connectivity index (χ3v) is 3.28. The van der Waals surface area contributed by atoms with Gasteiger partial charge in [0.15, 0.2) is 0 Å². The maximum absolute atomic E-state index is 12.7. The lowest BCUT2D eigenvalue weighted by Crippen LogP contribution is -2.18. The average Bonchev–Trinajstić information content (AvgIpc) is 2.87. The predicted octanol–water partition coefficient (Wildman–Crippen LogP) is 3.27. The smallest absolute Gasteiger partial charge is 0.433 e. The third kappa shape index (κ3) is 3.53. The van der Waals surface area contributed by atoms with E-state index in [1.165, 1.54) is 0 Å². The zero-order chi connectivity index (χ0) is 15.6. The fraction of sp³-hybridized carbons (Fsp3) is 0.462. The van der Waals surface area contributed by atoms with Crippen molar-refractivity contribution in [2.45, 2.75) is 32.0 Å². The van der Waals surface area contributed by atoms with E-state index in [0.29, 0.717) is 18.6 Å². The van der Waals surface area contributed by atoms with E-state index >= 15 is 0 Å². The van der Waals surface area contributed by atoms with Gasteiger partial charge in [-0.2, -0.15) is 13.2 Å². The van der Waals surface area contributed by atoms with Gasteiger partial charge in [0.1, 0.15) is 11.7 Å². The maximum atomic E-state index is 12.7. The molecule has 21 heavy (non-hydrogen) atoms. The van der Waals surface area contributed by atoms with Crippen LogP contribution in [0.15, 0.2) is 17.3 Å². The van der Waals surface area contributed by atoms with Gasteiger partial charge in [0.25, 0.3) is 0 Å². The fourth-order valence-corrected chi connectivity index (χ4v) is 2.23. The lowest BCUT2D eigenvalue weighted by molar-refractivity contribution is -0.144. The minimum atomic E-state index is -4.56. The summed E-state index contributed by atoms with van der Waals surface area (Å²) in [6, 6.07) is 0.174. The number of hydrogen-bond acceptors (Lipinski definition) is 4. The minimum absolute atomic E-state index is 0.0752. The molecule has 0 aromatic carbocycles. The van der Waals surface area contributed by atoms with Crippen molar-refractivity contribution in [3.05, 3.63) is 28.5 Å². The fourth-order valence-electron chi connectivity index (χ4n) is 2.02. The number of ether oxygens (including phenoxy) is 1. The monoisotopic (exact) mass is 320 g/mol. The molecule has 0 aliphatic carbocycles. The van der Waals surface area contributed by atoms with Crippen LogP contribution in [-0.4, -0.2) is 29.3 Å². The first kappa shape index (κ1) is 15.8. The Kier molecular flexibility index (Phi) is 4.51. The second-order valence-corrected chi connectivity index (χ2v) is 4.84. The van der Waals surface area contributed by atoms with Crippen molar-refractivity contribution < 1.29 is 22.7 Å². The van der Waals surface area contributed by atoms with Crippen LogP contribution >= 0.6 is 11.6 Å². The molecule has 0 bridgehead atoms. The normalized spacial score (nSPS) is 18.5. The number of nitrogens with zero attached hydrogens (tertiary/aromatic N) is 2. The number of rotatable bonds is 3. The van der Waals surface area contributed by atoms with Gasteiger partial charge in [0.05, 0.1) is 11.6 Å². The number of esters is 1. The Labute approximate surface area is 124 Å². The molecule has 0 N–H and O–H groups in total. The highest BCUT2D eigenvalue weighted by atomic mass is 35.5. The Morgan fingerprint density at radius 3 is 2.86 bits per heavy atom. The highest BCUT2D eigenvalue weighted by Crippen LogP contribution is 2.31. The van der Waals surface area contributed by atoms with Crippen LogP contribution < -0.4 is 0 Å². The van der Waals surface area contributed by atoms with Gasteiger partial charge in [0, 0.05) is 17.5 Å². The van der Waals surface area contributed by atoms with Crippen LogP contribution in [0.25, 0.3) is 0 Å². The van der Waals surface area contributed by atoms with E-state index in [2.05, 4.69) is 9.98 Å². The highest BCUT2D eigenvalue weighted by molar-refractivity contribution is 6.34. The zero-order valence-corrected chi connectivity index (χ0v) is 11.8. The van der Waals surface area contributed by atoms with E-state index in [-0.39, 0.29) is 17.2 Å². The number of carbonyl (C=O) groups excluding carboxylic acids is 1. The van der Waals surface area contributed by atoms with Gasteiger partial charge in [-0.25, -0.2) is 4.79 Å². The molecule has 0 amide bonds. The predicted molar refractivity (Wildman–Crippen MR) is 70.4 cm³/mol. The van der Waals surface area contributed by atoms with E-state index in [9.17, 15) is 18.0 Å². The zero-order valence-electron chi connectivity index (χ0n) is 11.1. The Bertz CT molecular complexity index is 587. The number of alkyl halides is 3. The summed E-state index contributed by atoms with van der Waals surface area (Å²) in [6.07, 6.45) is -2.85. The van der Waals surface area contributed by atoms with Gasteiger partial charge in [-0.1, -0.05) is 11.6 Å². The molecule has 8 heteroatoms. The minimum Gasteiger partial charge on any atom is -0.464 e. The molecule has 1 atom stereocenters. The lowest BCUT2D eigenvalue weighted by Gasteiger charge is -2.09. The van der Waals surface area contributed by atoms with Crippen LogP contribution in [0.4, 0.5) is 13.2 Å². The van der Waals surface area contributed by atoms with E-state index in [4.69, 9.17) is 16.3 Å². The first-order valence-electron chi connectivity index (χ1n) is 6.29. The van der Waals surface area contributed by atoms with Gasteiger partial charge in [-0.3, -0.25) is 9.98 Å². The molecule has 0 saturated heterocycles. The van der Waals surface area contributed by atoms with Gasteiger partial charge in [-0.15, -0.1) is 0 Å². The lowest BCUT2D eigenvalue weighted by atomic mass is 10.1. The average molecular weight is 321 g/mol. The Morgan fingerprint density at radius 2 is 2.24 bits per heavy atom. The van der Waals surface area contributed by atoms with Gasteiger partial charge in [0.2, 0.25) is 0 Å². The Hall–Kier alpha value is -1.63. The molecule has 0 saturated carbocycles. The molecule has 0 spiro atoms. The summed E-state index contributed by atoms with van der Waals surface area (Å²) in [7, 11) is 0. The van der Waals surface area contributed by atoms with Crippen molar-refractivity contribution in [2.24, 2.45) is 4.99 Å². The quantitative estimate of drug-likeness (QED) is 0.803. The van der Waals surface area contributed by atoms with Crippen molar-refractivity contribution in [3.8, 4) is 0 Å². The first-order valence-corrected chi connectivity index (χ1v) is 6.67. The second kappa shape index (κ2) is 6.01. The summed E-state index contributed by atoms with van der Waals surface area (Å²) in [6.45, 7) is 1.90. The van der Waals surface area contributed by atoms with Crippen LogP contribution in [0.2, 0.25) is 5.02 Å². The Balaban J connectivity index is 2.30. The molecular formula is C13H12ClF3N2O2. The number of aliphatic imine (C=N–C) groups is 1. The molecule has 1 aromatic heterocycles. The van der Waals surface area contributed by atoms with E-state index in [0.717, 1.165) is 12.3 Å². The summed E-state index contributed by atoms with van der Waals surface area (Å²) in [4.78, 5) is 19.0. The molecule has 0 radical (unpaired) electrons. The summed E-state index contributed by atoms with van der Waals surface area (Å²) < 4.78 is 42.9. The molecule has 2 rings (SSSR count). The first-order chi connectivity index (χ1) is 9.82. The van der Waals surface area contributed by atoms with Crippen LogP contribution in [-0.2, 0) is 15.7 Å². The van der Waals surface area contributed by atoms with Crippen molar-refractivity contribution in [2.75, 3.05) is 6.61 Å². The molecule has 1 aliphatic rings. The van der Waals surface area contributed by atoms with E-state index in [1.807, 2.05) is 0 Å². The van der Waals surface area contributed by atoms with Crippen LogP contribution in [0.5, 0.6) is 0 Å². The molecule has 2 heterocycles.